The second kappa shape index (κ2) is 3.86. The molecule has 0 fully saturated rings. The molecule has 0 unspecified atom stereocenters. The van der Waals surface area contributed by atoms with Crippen molar-refractivity contribution in [1.82, 2.24) is 14.5 Å². The number of hydrogen-bond acceptors (Lipinski definition) is 4. The van der Waals surface area contributed by atoms with E-state index in [1.807, 2.05) is 24.3 Å². The Labute approximate surface area is 103 Å². The van der Waals surface area contributed by atoms with Gasteiger partial charge in [-0.05, 0) is 18.2 Å². The van der Waals surface area contributed by atoms with Crippen LogP contribution >= 0.6 is 0 Å². The summed E-state index contributed by atoms with van der Waals surface area (Å²) >= 11 is 0. The van der Waals surface area contributed by atoms with Crippen molar-refractivity contribution in [3.8, 4) is 11.8 Å². The fraction of sp³-hybridized carbons (Fsp3) is 0. The van der Waals surface area contributed by atoms with Crippen molar-refractivity contribution < 1.29 is 0 Å². The minimum absolute atomic E-state index is 0.348. The average Bonchev–Trinajstić information content (AvgIpc) is 2.74. The Bertz CT molecular complexity index is 766. The van der Waals surface area contributed by atoms with Crippen LogP contribution in [0.4, 0.5) is 5.95 Å². The van der Waals surface area contributed by atoms with Crippen molar-refractivity contribution in [3.05, 3.63) is 48.3 Å². The molecule has 0 spiro atoms. The van der Waals surface area contributed by atoms with Gasteiger partial charge in [0.05, 0.1) is 23.0 Å². The summed E-state index contributed by atoms with van der Waals surface area (Å²) in [5.41, 5.74) is 8.76. The first kappa shape index (κ1) is 10.3. The number of fused-ring (bicyclic) bond motifs is 1. The number of aromatic nitrogens is 3. The highest BCUT2D eigenvalue weighted by atomic mass is 15.2. The summed E-state index contributed by atoms with van der Waals surface area (Å²) in [7, 11) is 0. The molecule has 1 aromatic carbocycles. The van der Waals surface area contributed by atoms with Crippen molar-refractivity contribution in [3.63, 3.8) is 0 Å². The van der Waals surface area contributed by atoms with Crippen LogP contribution in [0.2, 0.25) is 0 Å². The normalized spacial score (nSPS) is 10.4. The highest BCUT2D eigenvalue weighted by Gasteiger charge is 2.12. The summed E-state index contributed by atoms with van der Waals surface area (Å²) in [6.07, 6.45) is 3.33. The number of nitrogens with zero attached hydrogens (tertiary/aromatic N) is 4. The van der Waals surface area contributed by atoms with Crippen LogP contribution in [0.15, 0.2) is 42.7 Å². The molecule has 2 N–H and O–H groups in total. The van der Waals surface area contributed by atoms with Crippen LogP contribution in [0.1, 0.15) is 5.56 Å². The van der Waals surface area contributed by atoms with E-state index in [-0.39, 0.29) is 0 Å². The number of para-hydroxylation sites is 1. The van der Waals surface area contributed by atoms with E-state index in [1.165, 1.54) is 0 Å². The van der Waals surface area contributed by atoms with E-state index < -0.39 is 0 Å². The fourth-order valence-corrected chi connectivity index (χ4v) is 1.97. The Morgan fingerprint density at radius 1 is 1.22 bits per heavy atom. The van der Waals surface area contributed by atoms with Crippen molar-refractivity contribution in [1.29, 1.82) is 5.26 Å². The Morgan fingerprint density at radius 2 is 2.06 bits per heavy atom. The largest absolute Gasteiger partial charge is 0.369 e. The minimum atomic E-state index is 0.348. The molecule has 18 heavy (non-hydrogen) atoms. The number of benzene rings is 1. The van der Waals surface area contributed by atoms with Gasteiger partial charge in [-0.15, -0.1) is 0 Å². The molecule has 0 saturated heterocycles. The monoisotopic (exact) mass is 235 g/mol. The maximum absolute atomic E-state index is 9.14. The SMILES string of the molecule is N#Cc1ccccc1-n1c(N)nc2cnccc21. The maximum Gasteiger partial charge on any atom is 0.206 e. The fourth-order valence-electron chi connectivity index (χ4n) is 1.97. The first-order chi connectivity index (χ1) is 8.81. The lowest BCUT2D eigenvalue weighted by Crippen LogP contribution is -2.02. The van der Waals surface area contributed by atoms with Gasteiger partial charge in [-0.1, -0.05) is 12.1 Å². The van der Waals surface area contributed by atoms with Gasteiger partial charge in [0.1, 0.15) is 11.6 Å². The summed E-state index contributed by atoms with van der Waals surface area (Å²) in [4.78, 5) is 8.24. The van der Waals surface area contributed by atoms with Gasteiger partial charge in [-0.25, -0.2) is 4.98 Å². The molecule has 0 radical (unpaired) electrons. The third-order valence-corrected chi connectivity index (χ3v) is 2.75. The van der Waals surface area contributed by atoms with Gasteiger partial charge in [0.25, 0.3) is 0 Å². The van der Waals surface area contributed by atoms with Gasteiger partial charge >= 0.3 is 0 Å². The second-order valence-electron chi connectivity index (χ2n) is 3.80. The third kappa shape index (κ3) is 1.40. The number of rotatable bonds is 1. The van der Waals surface area contributed by atoms with Crippen molar-refractivity contribution in [2.24, 2.45) is 0 Å². The summed E-state index contributed by atoms with van der Waals surface area (Å²) in [6, 6.07) is 11.3. The van der Waals surface area contributed by atoms with E-state index in [1.54, 1.807) is 23.0 Å². The molecular weight excluding hydrogens is 226 g/mol. The van der Waals surface area contributed by atoms with Gasteiger partial charge in [-0.3, -0.25) is 9.55 Å². The van der Waals surface area contributed by atoms with Crippen molar-refractivity contribution >= 4 is 17.0 Å². The molecular formula is C13H9N5. The van der Waals surface area contributed by atoms with Gasteiger partial charge in [0.15, 0.2) is 0 Å². The Balaban J connectivity index is 2.39. The molecule has 0 saturated carbocycles. The molecule has 0 amide bonds. The molecule has 0 aliphatic carbocycles. The lowest BCUT2D eigenvalue weighted by Gasteiger charge is -2.07. The van der Waals surface area contributed by atoms with Gasteiger partial charge in [0.2, 0.25) is 5.95 Å². The Morgan fingerprint density at radius 3 is 2.89 bits per heavy atom. The van der Waals surface area contributed by atoms with Crippen LogP contribution in [0.25, 0.3) is 16.7 Å². The van der Waals surface area contributed by atoms with Gasteiger partial charge < -0.3 is 5.73 Å². The zero-order chi connectivity index (χ0) is 12.5. The van der Waals surface area contributed by atoms with Gasteiger partial charge in [-0.2, -0.15) is 5.26 Å². The van der Waals surface area contributed by atoms with Crippen LogP contribution in [0, 0.1) is 11.3 Å². The molecule has 3 aromatic rings. The zero-order valence-corrected chi connectivity index (χ0v) is 9.41. The van der Waals surface area contributed by atoms with Crippen molar-refractivity contribution in [2.75, 3.05) is 5.73 Å². The molecule has 5 heteroatoms. The topological polar surface area (TPSA) is 80.5 Å². The molecule has 2 heterocycles. The van der Waals surface area contributed by atoms with Crippen LogP contribution in [0.5, 0.6) is 0 Å². The molecule has 0 aliphatic heterocycles. The Hall–Kier alpha value is -2.87. The second-order valence-corrected chi connectivity index (χ2v) is 3.80. The smallest absolute Gasteiger partial charge is 0.206 e. The number of nitriles is 1. The highest BCUT2D eigenvalue weighted by Crippen LogP contribution is 2.24. The Kier molecular flexibility index (Phi) is 2.21. The summed E-state index contributed by atoms with van der Waals surface area (Å²) < 4.78 is 1.76. The first-order valence-corrected chi connectivity index (χ1v) is 5.38. The lowest BCUT2D eigenvalue weighted by atomic mass is 10.2. The zero-order valence-electron chi connectivity index (χ0n) is 9.41. The first-order valence-electron chi connectivity index (χ1n) is 5.38. The number of nitrogens with two attached hydrogens (primary N) is 1. The quantitative estimate of drug-likeness (QED) is 0.698. The molecule has 0 atom stereocenters. The van der Waals surface area contributed by atoms with E-state index >= 15 is 0 Å². The van der Waals surface area contributed by atoms with Crippen LogP contribution in [-0.2, 0) is 0 Å². The van der Waals surface area contributed by atoms with Crippen LogP contribution in [-0.4, -0.2) is 14.5 Å². The number of hydrogen-bond donors (Lipinski definition) is 1. The third-order valence-electron chi connectivity index (χ3n) is 2.75. The molecule has 5 nitrogen and oxygen atoms in total. The van der Waals surface area contributed by atoms with E-state index in [4.69, 9.17) is 11.0 Å². The standard InChI is InChI=1S/C13H9N5/c14-7-9-3-1-2-4-11(9)18-12-5-6-16-8-10(12)17-13(18)15/h1-6,8H,(H2,15,17). The van der Waals surface area contributed by atoms with Crippen LogP contribution in [0.3, 0.4) is 0 Å². The van der Waals surface area contributed by atoms with Gasteiger partial charge in [0, 0.05) is 6.20 Å². The number of imidazole rings is 1. The number of anilines is 1. The van der Waals surface area contributed by atoms with E-state index in [9.17, 15) is 0 Å². The molecule has 2 aromatic heterocycles. The van der Waals surface area contributed by atoms with E-state index in [0.717, 1.165) is 11.2 Å². The van der Waals surface area contributed by atoms with E-state index in [2.05, 4.69) is 16.0 Å². The number of pyridine rings is 1. The van der Waals surface area contributed by atoms with Crippen molar-refractivity contribution in [2.45, 2.75) is 0 Å². The molecule has 86 valence electrons. The van der Waals surface area contributed by atoms with E-state index in [0.29, 0.717) is 17.0 Å². The molecule has 3 rings (SSSR count). The number of nitrogen functional groups attached to an aromatic ring is 1. The summed E-state index contributed by atoms with van der Waals surface area (Å²) in [5.74, 6) is 0.348. The predicted octanol–water partition coefficient (Wildman–Crippen LogP) is 1.87. The maximum atomic E-state index is 9.14. The van der Waals surface area contributed by atoms with Crippen LogP contribution < -0.4 is 5.73 Å². The highest BCUT2D eigenvalue weighted by molar-refractivity contribution is 5.80. The molecule has 0 bridgehead atoms. The predicted molar refractivity (Wildman–Crippen MR) is 68.0 cm³/mol. The summed E-state index contributed by atoms with van der Waals surface area (Å²) in [6.45, 7) is 0. The average molecular weight is 235 g/mol. The summed E-state index contributed by atoms with van der Waals surface area (Å²) in [5, 5.41) is 9.14. The molecule has 0 aliphatic rings. The lowest BCUT2D eigenvalue weighted by molar-refractivity contribution is 1.10. The minimum Gasteiger partial charge on any atom is -0.369 e.